The molecule has 1 aromatic heterocycles. The van der Waals surface area contributed by atoms with E-state index in [0.29, 0.717) is 13.1 Å². The zero-order valence-electron chi connectivity index (χ0n) is 17.7. The fourth-order valence-corrected chi connectivity index (χ4v) is 4.27. The van der Waals surface area contributed by atoms with Crippen LogP contribution in [-0.4, -0.2) is 74.5 Å². The second-order valence-corrected chi connectivity index (χ2v) is 9.03. The van der Waals surface area contributed by atoms with E-state index in [9.17, 15) is 5.11 Å². The van der Waals surface area contributed by atoms with Gasteiger partial charge in [-0.2, -0.15) is 0 Å². The standard InChI is InChI=1S/C22H33N3O3S/c1-17-4-7-21(29-17)14-23-13-18-5-6-20(27-3)12-22(18)28-16-19(26)15-25-10-8-24(2)9-11-25/h4-7,12,19,23,26H,8-11,13-16H2,1-3H3/t19-/m0/s1. The Balaban J connectivity index is 1.52. The highest BCUT2D eigenvalue weighted by Crippen LogP contribution is 2.25. The van der Waals surface area contributed by atoms with Gasteiger partial charge in [0, 0.05) is 67.2 Å². The third-order valence-corrected chi connectivity index (χ3v) is 6.18. The number of aliphatic hydroxyl groups is 1. The van der Waals surface area contributed by atoms with Gasteiger partial charge in [0.2, 0.25) is 0 Å². The lowest BCUT2D eigenvalue weighted by Crippen LogP contribution is -2.47. The molecule has 2 aromatic rings. The van der Waals surface area contributed by atoms with Crippen LogP contribution in [0.3, 0.4) is 0 Å². The van der Waals surface area contributed by atoms with Crippen LogP contribution in [-0.2, 0) is 13.1 Å². The summed E-state index contributed by atoms with van der Waals surface area (Å²) in [5, 5.41) is 13.9. The van der Waals surface area contributed by atoms with Crippen molar-refractivity contribution in [1.82, 2.24) is 15.1 Å². The van der Waals surface area contributed by atoms with Crippen molar-refractivity contribution in [3.63, 3.8) is 0 Å². The Labute approximate surface area is 178 Å². The van der Waals surface area contributed by atoms with Crippen molar-refractivity contribution in [2.75, 3.05) is 53.5 Å². The van der Waals surface area contributed by atoms with E-state index in [2.05, 4.69) is 41.2 Å². The monoisotopic (exact) mass is 419 g/mol. The number of aliphatic hydroxyl groups excluding tert-OH is 1. The summed E-state index contributed by atoms with van der Waals surface area (Å²) in [6.45, 7) is 8.64. The molecule has 1 atom stereocenters. The summed E-state index contributed by atoms with van der Waals surface area (Å²) in [6.07, 6.45) is -0.514. The first-order chi connectivity index (χ1) is 14.0. The van der Waals surface area contributed by atoms with Crippen LogP contribution >= 0.6 is 11.3 Å². The fraction of sp³-hybridized carbons (Fsp3) is 0.545. The van der Waals surface area contributed by atoms with Crippen LogP contribution < -0.4 is 14.8 Å². The number of nitrogens with one attached hydrogen (secondary N) is 1. The van der Waals surface area contributed by atoms with Crippen LogP contribution in [0.2, 0.25) is 0 Å². The van der Waals surface area contributed by atoms with Gasteiger partial charge in [0.15, 0.2) is 0 Å². The van der Waals surface area contributed by atoms with Crippen molar-refractivity contribution in [1.29, 1.82) is 0 Å². The lowest BCUT2D eigenvalue weighted by atomic mass is 10.2. The van der Waals surface area contributed by atoms with Crippen molar-refractivity contribution in [2.45, 2.75) is 26.1 Å². The van der Waals surface area contributed by atoms with E-state index in [0.717, 1.165) is 49.8 Å². The van der Waals surface area contributed by atoms with Gasteiger partial charge in [0.05, 0.1) is 7.11 Å². The number of likely N-dealkylation sites (N-methyl/N-ethyl adjacent to an activating group) is 1. The summed E-state index contributed by atoms with van der Waals surface area (Å²) < 4.78 is 11.4. The predicted octanol–water partition coefficient (Wildman–Crippen LogP) is 2.34. The second-order valence-electron chi connectivity index (χ2n) is 7.66. The molecule has 0 amide bonds. The Bertz CT molecular complexity index is 760. The highest BCUT2D eigenvalue weighted by Gasteiger charge is 2.18. The van der Waals surface area contributed by atoms with E-state index in [-0.39, 0.29) is 6.61 Å². The quantitative estimate of drug-likeness (QED) is 0.617. The molecule has 1 aliphatic rings. The number of piperazine rings is 1. The van der Waals surface area contributed by atoms with Crippen molar-refractivity contribution in [2.24, 2.45) is 0 Å². The topological polar surface area (TPSA) is 57.2 Å². The zero-order chi connectivity index (χ0) is 20.6. The minimum atomic E-state index is -0.514. The smallest absolute Gasteiger partial charge is 0.127 e. The highest BCUT2D eigenvalue weighted by atomic mass is 32.1. The van der Waals surface area contributed by atoms with Gasteiger partial charge >= 0.3 is 0 Å². The van der Waals surface area contributed by atoms with Gasteiger partial charge in [-0.05, 0) is 32.2 Å². The molecule has 1 aromatic carbocycles. The zero-order valence-corrected chi connectivity index (χ0v) is 18.5. The van der Waals surface area contributed by atoms with Gasteiger partial charge in [-0.1, -0.05) is 6.07 Å². The number of rotatable bonds is 10. The van der Waals surface area contributed by atoms with E-state index in [1.165, 1.54) is 9.75 Å². The SMILES string of the molecule is COc1ccc(CNCc2ccc(C)s2)c(OC[C@@H](O)CN2CCN(C)CC2)c1. The van der Waals surface area contributed by atoms with Crippen LogP contribution in [0.25, 0.3) is 0 Å². The average molecular weight is 420 g/mol. The molecule has 2 heterocycles. The Morgan fingerprint density at radius 2 is 1.93 bits per heavy atom. The Morgan fingerprint density at radius 3 is 2.62 bits per heavy atom. The molecule has 0 saturated carbocycles. The molecule has 0 bridgehead atoms. The van der Waals surface area contributed by atoms with E-state index in [4.69, 9.17) is 9.47 Å². The summed E-state index contributed by atoms with van der Waals surface area (Å²) in [5.41, 5.74) is 1.06. The summed E-state index contributed by atoms with van der Waals surface area (Å²) in [5.74, 6) is 1.52. The van der Waals surface area contributed by atoms with E-state index in [1.54, 1.807) is 7.11 Å². The average Bonchev–Trinajstić information content (AvgIpc) is 3.14. The predicted molar refractivity (Wildman–Crippen MR) is 118 cm³/mol. The normalized spacial score (nSPS) is 16.7. The maximum Gasteiger partial charge on any atom is 0.127 e. The van der Waals surface area contributed by atoms with Gasteiger partial charge in [-0.25, -0.2) is 0 Å². The number of nitrogens with zero attached hydrogens (tertiary/aromatic N) is 2. The van der Waals surface area contributed by atoms with Crippen LogP contribution in [0, 0.1) is 6.92 Å². The minimum Gasteiger partial charge on any atom is -0.497 e. The van der Waals surface area contributed by atoms with Crippen LogP contribution in [0.1, 0.15) is 15.3 Å². The Morgan fingerprint density at radius 1 is 1.14 bits per heavy atom. The largest absolute Gasteiger partial charge is 0.497 e. The number of hydrogen-bond donors (Lipinski definition) is 2. The van der Waals surface area contributed by atoms with E-state index in [1.807, 2.05) is 29.5 Å². The molecule has 0 unspecified atom stereocenters. The van der Waals surface area contributed by atoms with Crippen LogP contribution in [0.5, 0.6) is 11.5 Å². The molecule has 3 rings (SSSR count). The van der Waals surface area contributed by atoms with Crippen molar-refractivity contribution in [3.8, 4) is 11.5 Å². The maximum atomic E-state index is 10.4. The molecule has 0 radical (unpaired) electrons. The van der Waals surface area contributed by atoms with Gasteiger partial charge in [-0.15, -0.1) is 11.3 Å². The number of hydrogen-bond acceptors (Lipinski definition) is 7. The van der Waals surface area contributed by atoms with E-state index >= 15 is 0 Å². The molecule has 1 saturated heterocycles. The third kappa shape index (κ3) is 6.97. The lowest BCUT2D eigenvalue weighted by Gasteiger charge is -2.33. The number of aryl methyl sites for hydroxylation is 1. The van der Waals surface area contributed by atoms with Gasteiger partial charge < -0.3 is 24.8 Å². The summed E-state index contributed by atoms with van der Waals surface area (Å²) in [4.78, 5) is 7.25. The molecule has 1 aliphatic heterocycles. The van der Waals surface area contributed by atoms with Crippen molar-refractivity contribution >= 4 is 11.3 Å². The highest BCUT2D eigenvalue weighted by molar-refractivity contribution is 7.11. The lowest BCUT2D eigenvalue weighted by molar-refractivity contribution is 0.0501. The van der Waals surface area contributed by atoms with Crippen molar-refractivity contribution in [3.05, 3.63) is 45.6 Å². The molecule has 0 aliphatic carbocycles. The number of benzene rings is 1. The first kappa shape index (κ1) is 22.1. The first-order valence-electron chi connectivity index (χ1n) is 10.2. The Hall–Kier alpha value is -1.64. The van der Waals surface area contributed by atoms with Gasteiger partial charge in [0.1, 0.15) is 24.2 Å². The van der Waals surface area contributed by atoms with Gasteiger partial charge in [0.25, 0.3) is 0 Å². The molecular formula is C22H33N3O3S. The second kappa shape index (κ2) is 10.9. The van der Waals surface area contributed by atoms with E-state index < -0.39 is 6.10 Å². The first-order valence-corrected chi connectivity index (χ1v) is 11.0. The summed E-state index contributed by atoms with van der Waals surface area (Å²) >= 11 is 1.81. The molecular weight excluding hydrogens is 386 g/mol. The van der Waals surface area contributed by atoms with Crippen molar-refractivity contribution < 1.29 is 14.6 Å². The number of ether oxygens (including phenoxy) is 2. The molecule has 1 fully saturated rings. The minimum absolute atomic E-state index is 0.274. The molecule has 7 heteroatoms. The number of β-amino-alcohol motifs (C(OH)–C–C–N with tert-alkyl or cyclic N) is 1. The number of methoxy groups -OCH3 is 1. The molecule has 160 valence electrons. The maximum absolute atomic E-state index is 10.4. The van der Waals surface area contributed by atoms with Crippen LogP contribution in [0.15, 0.2) is 30.3 Å². The fourth-order valence-electron chi connectivity index (χ4n) is 3.41. The molecule has 0 spiro atoms. The summed E-state index contributed by atoms with van der Waals surface area (Å²) in [6, 6.07) is 10.2. The van der Waals surface area contributed by atoms with Gasteiger partial charge in [-0.3, -0.25) is 4.90 Å². The number of thiophene rings is 1. The molecule has 29 heavy (non-hydrogen) atoms. The molecule has 2 N–H and O–H groups in total. The molecule has 6 nitrogen and oxygen atoms in total. The summed E-state index contributed by atoms with van der Waals surface area (Å²) in [7, 11) is 3.78. The van der Waals surface area contributed by atoms with Crippen LogP contribution in [0.4, 0.5) is 0 Å². The third-order valence-electron chi connectivity index (χ3n) is 5.18. The Kier molecular flexibility index (Phi) is 8.32.